The van der Waals surface area contributed by atoms with E-state index in [9.17, 15) is 10.1 Å². The highest BCUT2D eigenvalue weighted by atomic mass is 16.6. The SMILES string of the molecule is CCCNc1nccc(Oc2cccc(C)c2[N+](=O)[O-])n1. The van der Waals surface area contributed by atoms with Gasteiger partial charge in [-0.25, -0.2) is 4.98 Å². The Bertz CT molecular complexity index is 646. The molecule has 1 aromatic heterocycles. The van der Waals surface area contributed by atoms with Gasteiger partial charge >= 0.3 is 5.69 Å². The van der Waals surface area contributed by atoms with Gasteiger partial charge in [-0.2, -0.15) is 4.98 Å². The lowest BCUT2D eigenvalue weighted by Gasteiger charge is -2.08. The summed E-state index contributed by atoms with van der Waals surface area (Å²) >= 11 is 0. The summed E-state index contributed by atoms with van der Waals surface area (Å²) in [5, 5.41) is 14.2. The molecule has 0 saturated carbocycles. The molecule has 2 aromatic rings. The number of aromatic nitrogens is 2. The first-order valence-electron chi connectivity index (χ1n) is 6.60. The molecule has 0 radical (unpaired) electrons. The van der Waals surface area contributed by atoms with Gasteiger partial charge in [0.05, 0.1) is 4.92 Å². The van der Waals surface area contributed by atoms with Gasteiger partial charge in [-0.1, -0.05) is 19.1 Å². The smallest absolute Gasteiger partial charge is 0.314 e. The van der Waals surface area contributed by atoms with Crippen molar-refractivity contribution in [2.45, 2.75) is 20.3 Å². The van der Waals surface area contributed by atoms with Crippen LogP contribution < -0.4 is 10.1 Å². The molecule has 0 aliphatic carbocycles. The highest BCUT2D eigenvalue weighted by molar-refractivity contribution is 5.53. The van der Waals surface area contributed by atoms with Gasteiger partial charge in [0.2, 0.25) is 17.6 Å². The Hall–Kier alpha value is -2.70. The van der Waals surface area contributed by atoms with Gasteiger partial charge in [0.1, 0.15) is 0 Å². The minimum atomic E-state index is -0.456. The van der Waals surface area contributed by atoms with Crippen molar-refractivity contribution in [2.75, 3.05) is 11.9 Å². The van der Waals surface area contributed by atoms with Gasteiger partial charge in [0.15, 0.2) is 0 Å². The molecule has 7 nitrogen and oxygen atoms in total. The van der Waals surface area contributed by atoms with Crippen LogP contribution in [0.15, 0.2) is 30.5 Å². The molecule has 7 heteroatoms. The van der Waals surface area contributed by atoms with Crippen LogP contribution in [-0.4, -0.2) is 21.4 Å². The quantitative estimate of drug-likeness (QED) is 0.647. The number of benzene rings is 1. The Morgan fingerprint density at radius 1 is 1.38 bits per heavy atom. The van der Waals surface area contributed by atoms with Crippen molar-refractivity contribution in [1.29, 1.82) is 0 Å². The van der Waals surface area contributed by atoms with Crippen LogP contribution in [0.3, 0.4) is 0 Å². The average Bonchev–Trinajstić information content (AvgIpc) is 2.45. The normalized spacial score (nSPS) is 10.2. The molecule has 21 heavy (non-hydrogen) atoms. The molecule has 1 heterocycles. The molecule has 0 aliphatic heterocycles. The number of anilines is 1. The lowest BCUT2D eigenvalue weighted by molar-refractivity contribution is -0.386. The molecule has 0 amide bonds. The van der Waals surface area contributed by atoms with Crippen LogP contribution in [0.2, 0.25) is 0 Å². The molecule has 2 rings (SSSR count). The van der Waals surface area contributed by atoms with Crippen LogP contribution in [0.4, 0.5) is 11.6 Å². The second kappa shape index (κ2) is 6.65. The molecule has 0 fully saturated rings. The van der Waals surface area contributed by atoms with Crippen LogP contribution in [0.1, 0.15) is 18.9 Å². The molecule has 0 saturated heterocycles. The number of nitro benzene ring substituents is 1. The Morgan fingerprint density at radius 2 is 2.19 bits per heavy atom. The van der Waals surface area contributed by atoms with Crippen molar-refractivity contribution >= 4 is 11.6 Å². The van der Waals surface area contributed by atoms with Crippen molar-refractivity contribution in [3.8, 4) is 11.6 Å². The average molecular weight is 288 g/mol. The Balaban J connectivity index is 2.26. The van der Waals surface area contributed by atoms with Gasteiger partial charge in [-0.15, -0.1) is 0 Å². The second-order valence-corrected chi connectivity index (χ2v) is 4.43. The summed E-state index contributed by atoms with van der Waals surface area (Å²) in [5.41, 5.74) is 0.482. The molecular weight excluding hydrogens is 272 g/mol. The van der Waals surface area contributed by atoms with Crippen molar-refractivity contribution in [3.63, 3.8) is 0 Å². The predicted octanol–water partition coefficient (Wildman–Crippen LogP) is 3.31. The van der Waals surface area contributed by atoms with E-state index in [-0.39, 0.29) is 17.3 Å². The number of aryl methyl sites for hydroxylation is 1. The zero-order valence-corrected chi connectivity index (χ0v) is 11.9. The standard InChI is InChI=1S/C14H16N4O3/c1-3-8-15-14-16-9-7-12(17-14)21-11-6-4-5-10(2)13(11)18(19)20/h4-7,9H,3,8H2,1-2H3,(H,15,16,17). The molecule has 1 N–H and O–H groups in total. The van der Waals surface area contributed by atoms with E-state index in [1.165, 1.54) is 0 Å². The van der Waals surface area contributed by atoms with E-state index in [1.807, 2.05) is 6.92 Å². The molecule has 0 aliphatic rings. The second-order valence-electron chi connectivity index (χ2n) is 4.43. The highest BCUT2D eigenvalue weighted by Crippen LogP contribution is 2.33. The number of nitrogens with one attached hydrogen (secondary N) is 1. The third kappa shape index (κ3) is 3.65. The Morgan fingerprint density at radius 3 is 2.90 bits per heavy atom. The zero-order valence-electron chi connectivity index (χ0n) is 11.9. The molecular formula is C14H16N4O3. The number of nitro groups is 1. The predicted molar refractivity (Wildman–Crippen MR) is 78.7 cm³/mol. The van der Waals surface area contributed by atoms with Gasteiger partial charge < -0.3 is 10.1 Å². The number of para-hydroxylation sites is 1. The first-order chi connectivity index (χ1) is 10.1. The van der Waals surface area contributed by atoms with Crippen molar-refractivity contribution in [2.24, 2.45) is 0 Å². The summed E-state index contributed by atoms with van der Waals surface area (Å²) in [5.74, 6) is 0.863. The third-order valence-electron chi connectivity index (χ3n) is 2.76. The summed E-state index contributed by atoms with van der Waals surface area (Å²) in [6.07, 6.45) is 2.49. The molecule has 0 spiro atoms. The van der Waals surface area contributed by atoms with Crippen molar-refractivity contribution in [1.82, 2.24) is 9.97 Å². The van der Waals surface area contributed by atoms with Crippen LogP contribution >= 0.6 is 0 Å². The number of hydrogen-bond acceptors (Lipinski definition) is 6. The van der Waals surface area contributed by atoms with Gasteiger partial charge in [0.25, 0.3) is 0 Å². The highest BCUT2D eigenvalue weighted by Gasteiger charge is 2.19. The van der Waals surface area contributed by atoms with Gasteiger partial charge in [-0.05, 0) is 19.4 Å². The molecule has 110 valence electrons. The molecule has 0 unspecified atom stereocenters. The number of ether oxygens (including phenoxy) is 1. The van der Waals surface area contributed by atoms with Crippen LogP contribution in [0, 0.1) is 17.0 Å². The van der Waals surface area contributed by atoms with E-state index >= 15 is 0 Å². The maximum atomic E-state index is 11.1. The number of rotatable bonds is 6. The van der Waals surface area contributed by atoms with Crippen molar-refractivity contribution in [3.05, 3.63) is 46.1 Å². The molecule has 0 bridgehead atoms. The number of hydrogen-bond donors (Lipinski definition) is 1. The summed E-state index contributed by atoms with van der Waals surface area (Å²) in [6, 6.07) is 6.48. The summed E-state index contributed by atoms with van der Waals surface area (Å²) in [6.45, 7) is 4.44. The monoisotopic (exact) mass is 288 g/mol. The molecule has 0 atom stereocenters. The summed E-state index contributed by atoms with van der Waals surface area (Å²) in [7, 11) is 0. The van der Waals surface area contributed by atoms with Gasteiger partial charge in [-0.3, -0.25) is 10.1 Å². The molecule has 1 aromatic carbocycles. The Kier molecular flexibility index (Phi) is 4.65. The Labute approximate surface area is 122 Å². The van der Waals surface area contributed by atoms with Crippen molar-refractivity contribution < 1.29 is 9.66 Å². The van der Waals surface area contributed by atoms with Gasteiger partial charge in [0, 0.05) is 24.4 Å². The zero-order chi connectivity index (χ0) is 15.2. The van der Waals surface area contributed by atoms with E-state index in [0.717, 1.165) is 13.0 Å². The van der Waals surface area contributed by atoms with E-state index < -0.39 is 4.92 Å². The third-order valence-corrected chi connectivity index (χ3v) is 2.76. The summed E-state index contributed by atoms with van der Waals surface area (Å²) < 4.78 is 5.54. The minimum absolute atomic E-state index is 0.0563. The van der Waals surface area contributed by atoms with E-state index in [1.54, 1.807) is 37.4 Å². The van der Waals surface area contributed by atoms with Crippen LogP contribution in [0.25, 0.3) is 0 Å². The largest absolute Gasteiger partial charge is 0.432 e. The minimum Gasteiger partial charge on any atom is -0.432 e. The lowest BCUT2D eigenvalue weighted by Crippen LogP contribution is -2.04. The van der Waals surface area contributed by atoms with E-state index in [0.29, 0.717) is 11.5 Å². The number of nitrogens with zero attached hydrogens (tertiary/aromatic N) is 3. The fourth-order valence-electron chi connectivity index (χ4n) is 1.78. The fraction of sp³-hybridized carbons (Fsp3) is 0.286. The van der Waals surface area contributed by atoms with E-state index in [4.69, 9.17) is 4.74 Å². The fourth-order valence-corrected chi connectivity index (χ4v) is 1.78. The first kappa shape index (κ1) is 14.7. The lowest BCUT2D eigenvalue weighted by atomic mass is 10.2. The van der Waals surface area contributed by atoms with E-state index in [2.05, 4.69) is 15.3 Å². The summed E-state index contributed by atoms with van der Waals surface area (Å²) in [4.78, 5) is 18.9. The topological polar surface area (TPSA) is 90.2 Å². The maximum absolute atomic E-state index is 11.1. The van der Waals surface area contributed by atoms with Crippen LogP contribution in [-0.2, 0) is 0 Å². The first-order valence-corrected chi connectivity index (χ1v) is 6.60. The maximum Gasteiger partial charge on any atom is 0.314 e. The van der Waals surface area contributed by atoms with Crippen LogP contribution in [0.5, 0.6) is 11.6 Å².